The van der Waals surface area contributed by atoms with Crippen LogP contribution in [0.4, 0.5) is 0 Å². The van der Waals surface area contributed by atoms with Crippen LogP contribution in [0.15, 0.2) is 43.0 Å². The summed E-state index contributed by atoms with van der Waals surface area (Å²) in [5.74, 6) is 0. The van der Waals surface area contributed by atoms with Crippen LogP contribution in [-0.4, -0.2) is 11.6 Å². The molecule has 2 nitrogen and oxygen atoms in total. The Morgan fingerprint density at radius 1 is 1.21 bits per heavy atom. The van der Waals surface area contributed by atoms with Crippen LogP contribution < -0.4 is 5.32 Å². The van der Waals surface area contributed by atoms with E-state index in [4.69, 9.17) is 0 Å². The molecule has 0 fully saturated rings. The molecule has 0 atom stereocenters. The SMILES string of the molecule is C=CCCCCCn1c(CNC)cc2ccccc21. The molecule has 1 aromatic heterocycles. The number of para-hydroxylation sites is 1. The summed E-state index contributed by atoms with van der Waals surface area (Å²) in [7, 11) is 2.01. The second kappa shape index (κ2) is 7.15. The number of hydrogen-bond acceptors (Lipinski definition) is 1. The number of aromatic nitrogens is 1. The van der Waals surface area contributed by atoms with Gasteiger partial charge in [-0.1, -0.05) is 30.7 Å². The van der Waals surface area contributed by atoms with Gasteiger partial charge < -0.3 is 9.88 Å². The number of nitrogens with one attached hydrogen (secondary N) is 1. The van der Waals surface area contributed by atoms with Gasteiger partial charge in [-0.3, -0.25) is 0 Å². The van der Waals surface area contributed by atoms with Crippen LogP contribution in [0.25, 0.3) is 10.9 Å². The molecule has 0 radical (unpaired) electrons. The Bertz CT molecular complexity index is 525. The first kappa shape index (κ1) is 13.9. The van der Waals surface area contributed by atoms with Crippen molar-refractivity contribution >= 4 is 10.9 Å². The van der Waals surface area contributed by atoms with Crippen molar-refractivity contribution in [1.29, 1.82) is 0 Å². The third-order valence-corrected chi connectivity index (χ3v) is 3.54. The van der Waals surface area contributed by atoms with E-state index in [0.29, 0.717) is 0 Å². The predicted molar refractivity (Wildman–Crippen MR) is 83.4 cm³/mol. The molecular formula is C17H24N2. The van der Waals surface area contributed by atoms with Crippen LogP contribution in [0, 0.1) is 0 Å². The number of benzene rings is 1. The second-order valence-electron chi connectivity index (χ2n) is 5.01. The van der Waals surface area contributed by atoms with Gasteiger partial charge >= 0.3 is 0 Å². The Morgan fingerprint density at radius 2 is 2.05 bits per heavy atom. The summed E-state index contributed by atoms with van der Waals surface area (Å²) in [6.45, 7) is 5.82. The highest BCUT2D eigenvalue weighted by molar-refractivity contribution is 5.81. The van der Waals surface area contributed by atoms with E-state index in [1.54, 1.807) is 0 Å². The van der Waals surface area contributed by atoms with Crippen molar-refractivity contribution in [3.63, 3.8) is 0 Å². The summed E-state index contributed by atoms with van der Waals surface area (Å²) in [5.41, 5.74) is 2.74. The molecule has 0 aliphatic heterocycles. The fraction of sp³-hybridized carbons (Fsp3) is 0.412. The standard InChI is InChI=1S/C17H24N2/c1-3-4-5-6-9-12-19-16(14-18-2)13-15-10-7-8-11-17(15)19/h3,7-8,10-11,13,18H,1,4-6,9,12,14H2,2H3. The van der Waals surface area contributed by atoms with Gasteiger partial charge in [0.1, 0.15) is 0 Å². The Kier molecular flexibility index (Phi) is 5.22. The molecule has 0 bridgehead atoms. The quantitative estimate of drug-likeness (QED) is 0.555. The van der Waals surface area contributed by atoms with Crippen LogP contribution in [0.2, 0.25) is 0 Å². The van der Waals surface area contributed by atoms with Crippen LogP contribution in [-0.2, 0) is 13.1 Å². The molecule has 0 amide bonds. The van der Waals surface area contributed by atoms with Crippen LogP contribution >= 0.6 is 0 Å². The monoisotopic (exact) mass is 256 g/mol. The minimum Gasteiger partial charge on any atom is -0.343 e. The van der Waals surface area contributed by atoms with Crippen LogP contribution in [0.5, 0.6) is 0 Å². The van der Waals surface area contributed by atoms with Gasteiger partial charge in [-0.25, -0.2) is 0 Å². The van der Waals surface area contributed by atoms with Crippen molar-refractivity contribution < 1.29 is 0 Å². The third kappa shape index (κ3) is 3.48. The first-order valence-corrected chi connectivity index (χ1v) is 7.19. The molecule has 2 heteroatoms. The molecule has 19 heavy (non-hydrogen) atoms. The Balaban J connectivity index is 2.10. The van der Waals surface area contributed by atoms with E-state index in [2.05, 4.69) is 46.8 Å². The number of aryl methyl sites for hydroxylation is 1. The highest BCUT2D eigenvalue weighted by Gasteiger charge is 2.07. The largest absolute Gasteiger partial charge is 0.343 e. The Morgan fingerprint density at radius 3 is 2.84 bits per heavy atom. The molecule has 2 aromatic rings. The van der Waals surface area contributed by atoms with Gasteiger partial charge in [0.2, 0.25) is 0 Å². The normalized spacial score (nSPS) is 11.0. The van der Waals surface area contributed by atoms with Gasteiger partial charge in [0.15, 0.2) is 0 Å². The van der Waals surface area contributed by atoms with E-state index in [1.165, 1.54) is 35.9 Å². The fourth-order valence-electron chi connectivity index (χ4n) is 2.59. The molecule has 0 saturated heterocycles. The van der Waals surface area contributed by atoms with E-state index in [9.17, 15) is 0 Å². The van der Waals surface area contributed by atoms with Gasteiger partial charge in [0.05, 0.1) is 0 Å². The molecule has 0 aliphatic carbocycles. The molecular weight excluding hydrogens is 232 g/mol. The summed E-state index contributed by atoms with van der Waals surface area (Å²) in [4.78, 5) is 0. The summed E-state index contributed by atoms with van der Waals surface area (Å²) in [6.07, 6.45) is 6.91. The Hall–Kier alpha value is -1.54. The van der Waals surface area contributed by atoms with Gasteiger partial charge in [0, 0.05) is 24.3 Å². The van der Waals surface area contributed by atoms with E-state index < -0.39 is 0 Å². The minimum absolute atomic E-state index is 0.932. The molecule has 0 saturated carbocycles. The first-order valence-electron chi connectivity index (χ1n) is 7.19. The van der Waals surface area contributed by atoms with Crippen molar-refractivity contribution in [2.45, 2.75) is 38.8 Å². The number of hydrogen-bond donors (Lipinski definition) is 1. The van der Waals surface area contributed by atoms with Gasteiger partial charge in [-0.2, -0.15) is 0 Å². The van der Waals surface area contributed by atoms with E-state index >= 15 is 0 Å². The maximum Gasteiger partial charge on any atom is 0.0482 e. The molecule has 0 unspecified atom stereocenters. The lowest BCUT2D eigenvalue weighted by molar-refractivity contribution is 0.579. The maximum atomic E-state index is 3.77. The number of rotatable bonds is 8. The molecule has 2 rings (SSSR count). The van der Waals surface area contributed by atoms with Crippen molar-refractivity contribution in [3.05, 3.63) is 48.7 Å². The zero-order valence-corrected chi connectivity index (χ0v) is 11.9. The number of fused-ring (bicyclic) bond motifs is 1. The topological polar surface area (TPSA) is 17.0 Å². The molecule has 0 spiro atoms. The predicted octanol–water partition coefficient (Wildman–Crippen LogP) is 4.11. The summed E-state index contributed by atoms with van der Waals surface area (Å²) >= 11 is 0. The Labute approximate surface area is 116 Å². The average molecular weight is 256 g/mol. The smallest absolute Gasteiger partial charge is 0.0482 e. The fourth-order valence-corrected chi connectivity index (χ4v) is 2.59. The van der Waals surface area contributed by atoms with Crippen molar-refractivity contribution in [1.82, 2.24) is 9.88 Å². The lowest BCUT2D eigenvalue weighted by Crippen LogP contribution is -2.11. The highest BCUT2D eigenvalue weighted by atomic mass is 15.0. The zero-order valence-electron chi connectivity index (χ0n) is 11.9. The van der Waals surface area contributed by atoms with Gasteiger partial charge in [-0.05, 0) is 43.8 Å². The van der Waals surface area contributed by atoms with E-state index in [0.717, 1.165) is 19.5 Å². The van der Waals surface area contributed by atoms with Gasteiger partial charge in [-0.15, -0.1) is 6.58 Å². The van der Waals surface area contributed by atoms with Gasteiger partial charge in [0.25, 0.3) is 0 Å². The third-order valence-electron chi connectivity index (χ3n) is 3.54. The number of allylic oxidation sites excluding steroid dienone is 1. The number of unbranched alkanes of at least 4 members (excludes halogenated alkanes) is 3. The second-order valence-corrected chi connectivity index (χ2v) is 5.01. The zero-order chi connectivity index (χ0) is 13.5. The van der Waals surface area contributed by atoms with E-state index in [-0.39, 0.29) is 0 Å². The lowest BCUT2D eigenvalue weighted by Gasteiger charge is -2.10. The molecule has 1 N–H and O–H groups in total. The summed E-state index contributed by atoms with van der Waals surface area (Å²) in [5, 5.41) is 4.61. The molecule has 0 aliphatic rings. The van der Waals surface area contributed by atoms with Crippen molar-refractivity contribution in [2.24, 2.45) is 0 Å². The number of nitrogens with zero attached hydrogens (tertiary/aromatic N) is 1. The molecule has 1 heterocycles. The van der Waals surface area contributed by atoms with Crippen LogP contribution in [0.3, 0.4) is 0 Å². The lowest BCUT2D eigenvalue weighted by atomic mass is 10.2. The molecule has 1 aromatic carbocycles. The summed E-state index contributed by atoms with van der Waals surface area (Å²) in [6, 6.07) is 11.0. The highest BCUT2D eigenvalue weighted by Crippen LogP contribution is 2.20. The van der Waals surface area contributed by atoms with Crippen LogP contribution in [0.1, 0.15) is 31.4 Å². The van der Waals surface area contributed by atoms with E-state index in [1.807, 2.05) is 13.1 Å². The van der Waals surface area contributed by atoms with Crippen molar-refractivity contribution in [3.8, 4) is 0 Å². The first-order chi connectivity index (χ1) is 9.36. The average Bonchev–Trinajstić information content (AvgIpc) is 2.77. The minimum atomic E-state index is 0.932. The maximum absolute atomic E-state index is 3.77. The van der Waals surface area contributed by atoms with Crippen molar-refractivity contribution in [2.75, 3.05) is 7.05 Å². The molecule has 102 valence electrons. The summed E-state index contributed by atoms with van der Waals surface area (Å²) < 4.78 is 2.46.